The van der Waals surface area contributed by atoms with Gasteiger partial charge in [-0.15, -0.1) is 0 Å². The summed E-state index contributed by atoms with van der Waals surface area (Å²) in [4.78, 5) is 37.9. The molecule has 1 heterocycles. The van der Waals surface area contributed by atoms with E-state index >= 15 is 0 Å². The molecule has 1 aliphatic heterocycles. The Morgan fingerprint density at radius 3 is 2.62 bits per heavy atom. The zero-order valence-corrected chi connectivity index (χ0v) is 15.1. The lowest BCUT2D eigenvalue weighted by molar-refractivity contribution is -0.128. The molecule has 0 radical (unpaired) electrons. The highest BCUT2D eigenvalue weighted by Gasteiger charge is 2.34. The number of nitrogens with zero attached hydrogens (tertiary/aromatic N) is 1. The van der Waals surface area contributed by atoms with Crippen LogP contribution in [0.4, 0.5) is 5.69 Å². The van der Waals surface area contributed by atoms with Crippen LogP contribution in [0.3, 0.4) is 0 Å². The Morgan fingerprint density at radius 1 is 1.19 bits per heavy atom. The maximum Gasteiger partial charge on any atom is 0.229 e. The van der Waals surface area contributed by atoms with Gasteiger partial charge in [0.15, 0.2) is 5.78 Å². The summed E-state index contributed by atoms with van der Waals surface area (Å²) < 4.78 is 0. The van der Waals surface area contributed by atoms with E-state index in [1.54, 1.807) is 41.3 Å². The zero-order chi connectivity index (χ0) is 18.7. The average molecular weight is 371 g/mol. The van der Waals surface area contributed by atoms with Crippen molar-refractivity contribution in [2.45, 2.75) is 19.9 Å². The number of carbonyl (C=O) groups is 3. The van der Waals surface area contributed by atoms with Crippen molar-refractivity contribution in [3.8, 4) is 0 Å². The van der Waals surface area contributed by atoms with E-state index in [-0.39, 0.29) is 24.0 Å². The van der Waals surface area contributed by atoms with E-state index in [9.17, 15) is 14.4 Å². The van der Waals surface area contributed by atoms with Crippen molar-refractivity contribution in [3.63, 3.8) is 0 Å². The van der Waals surface area contributed by atoms with Crippen LogP contribution < -0.4 is 5.32 Å². The van der Waals surface area contributed by atoms with Crippen molar-refractivity contribution in [1.29, 1.82) is 0 Å². The molecule has 3 rings (SSSR count). The molecule has 0 spiro atoms. The largest absolute Gasteiger partial charge is 0.338 e. The number of benzene rings is 2. The minimum absolute atomic E-state index is 0.0439. The fourth-order valence-electron chi connectivity index (χ4n) is 2.97. The Bertz CT molecular complexity index is 848. The molecule has 0 aromatic heterocycles. The number of amides is 2. The maximum atomic E-state index is 12.5. The van der Waals surface area contributed by atoms with Crippen LogP contribution in [0.25, 0.3) is 0 Å². The fraction of sp³-hybridized carbons (Fsp3) is 0.250. The molecule has 0 saturated carbocycles. The Labute approximate surface area is 156 Å². The van der Waals surface area contributed by atoms with E-state index in [4.69, 9.17) is 11.6 Å². The molecule has 2 aromatic rings. The van der Waals surface area contributed by atoms with E-state index in [2.05, 4.69) is 5.32 Å². The second-order valence-corrected chi connectivity index (χ2v) is 6.86. The summed E-state index contributed by atoms with van der Waals surface area (Å²) in [5.41, 5.74) is 2.07. The third kappa shape index (κ3) is 4.29. The lowest BCUT2D eigenvalue weighted by atomic mass is 10.1. The van der Waals surface area contributed by atoms with Crippen LogP contribution in [-0.2, 0) is 16.1 Å². The molecule has 1 N–H and O–H groups in total. The first-order chi connectivity index (χ1) is 12.4. The number of hydrogen-bond donors (Lipinski definition) is 1. The Hall–Kier alpha value is -2.66. The van der Waals surface area contributed by atoms with Crippen LogP contribution in [0.1, 0.15) is 29.3 Å². The molecule has 1 aliphatic rings. The minimum atomic E-state index is -0.407. The van der Waals surface area contributed by atoms with Crippen LogP contribution in [0.5, 0.6) is 0 Å². The molecule has 2 amide bonds. The standard InChI is InChI=1S/C20H19ClN2O3/c1-13(24)15-3-2-4-18(9-15)22-20(26)16-10-19(25)23(12-16)11-14-5-7-17(21)8-6-14/h2-9,16H,10-12H2,1H3,(H,22,26). The van der Waals surface area contributed by atoms with E-state index in [1.165, 1.54) is 6.92 Å². The molecule has 26 heavy (non-hydrogen) atoms. The molecular formula is C20H19ClN2O3. The summed E-state index contributed by atoms with van der Waals surface area (Å²) in [6.45, 7) is 2.31. The molecule has 6 heteroatoms. The summed E-state index contributed by atoms with van der Waals surface area (Å²) in [5.74, 6) is -0.725. The van der Waals surface area contributed by atoms with Crippen LogP contribution >= 0.6 is 11.6 Å². The number of carbonyl (C=O) groups excluding carboxylic acids is 3. The molecule has 1 atom stereocenters. The van der Waals surface area contributed by atoms with Crippen molar-refractivity contribution < 1.29 is 14.4 Å². The van der Waals surface area contributed by atoms with E-state index < -0.39 is 5.92 Å². The van der Waals surface area contributed by atoms with Gasteiger partial charge in [0.05, 0.1) is 5.92 Å². The second kappa shape index (κ2) is 7.70. The van der Waals surface area contributed by atoms with Gasteiger partial charge in [-0.3, -0.25) is 14.4 Å². The summed E-state index contributed by atoms with van der Waals surface area (Å²) >= 11 is 5.87. The van der Waals surface area contributed by atoms with Gasteiger partial charge in [0.1, 0.15) is 0 Å². The highest BCUT2D eigenvalue weighted by Crippen LogP contribution is 2.23. The van der Waals surface area contributed by atoms with Gasteiger partial charge in [0.25, 0.3) is 0 Å². The summed E-state index contributed by atoms with van der Waals surface area (Å²) in [6, 6.07) is 14.1. The van der Waals surface area contributed by atoms with Crippen LogP contribution in [0.15, 0.2) is 48.5 Å². The van der Waals surface area contributed by atoms with Gasteiger partial charge >= 0.3 is 0 Å². The smallest absolute Gasteiger partial charge is 0.229 e. The van der Waals surface area contributed by atoms with Gasteiger partial charge in [0, 0.05) is 35.8 Å². The molecule has 134 valence electrons. The number of ketones is 1. The van der Waals surface area contributed by atoms with Gasteiger partial charge in [0.2, 0.25) is 11.8 Å². The molecule has 1 fully saturated rings. The Morgan fingerprint density at radius 2 is 1.92 bits per heavy atom. The first-order valence-corrected chi connectivity index (χ1v) is 8.74. The highest BCUT2D eigenvalue weighted by molar-refractivity contribution is 6.30. The SMILES string of the molecule is CC(=O)c1cccc(NC(=O)C2CC(=O)N(Cc3ccc(Cl)cc3)C2)c1. The fourth-order valence-corrected chi connectivity index (χ4v) is 3.10. The third-order valence-corrected chi connectivity index (χ3v) is 4.66. The molecular weight excluding hydrogens is 352 g/mol. The number of Topliss-reactive ketones (excluding diaryl/α,β-unsaturated/α-hetero) is 1. The van der Waals surface area contributed by atoms with Gasteiger partial charge in [-0.25, -0.2) is 0 Å². The van der Waals surface area contributed by atoms with Crippen LogP contribution in [0.2, 0.25) is 5.02 Å². The molecule has 2 aromatic carbocycles. The van der Waals surface area contributed by atoms with Crippen molar-refractivity contribution >= 4 is 34.9 Å². The first kappa shape index (κ1) is 18.1. The van der Waals surface area contributed by atoms with Gasteiger partial charge in [-0.05, 0) is 36.8 Å². The number of nitrogens with one attached hydrogen (secondary N) is 1. The minimum Gasteiger partial charge on any atom is -0.338 e. The first-order valence-electron chi connectivity index (χ1n) is 8.36. The molecule has 1 saturated heterocycles. The summed E-state index contributed by atoms with van der Waals surface area (Å²) in [5, 5.41) is 3.45. The Kier molecular flexibility index (Phi) is 5.38. The van der Waals surface area contributed by atoms with E-state index in [1.807, 2.05) is 12.1 Å². The summed E-state index contributed by atoms with van der Waals surface area (Å²) in [6.07, 6.45) is 0.186. The third-order valence-electron chi connectivity index (χ3n) is 4.41. The van der Waals surface area contributed by atoms with Gasteiger partial charge in [-0.2, -0.15) is 0 Å². The van der Waals surface area contributed by atoms with Crippen LogP contribution in [0, 0.1) is 5.92 Å². The normalized spacial score (nSPS) is 16.6. The number of rotatable bonds is 5. The van der Waals surface area contributed by atoms with E-state index in [0.29, 0.717) is 29.4 Å². The van der Waals surface area contributed by atoms with Crippen molar-refractivity contribution in [3.05, 3.63) is 64.7 Å². The summed E-state index contributed by atoms with van der Waals surface area (Å²) in [7, 11) is 0. The lowest BCUT2D eigenvalue weighted by Gasteiger charge is -2.17. The predicted octanol–water partition coefficient (Wildman–Crippen LogP) is 3.53. The highest BCUT2D eigenvalue weighted by atomic mass is 35.5. The maximum absolute atomic E-state index is 12.5. The van der Waals surface area contributed by atoms with Crippen molar-refractivity contribution in [2.75, 3.05) is 11.9 Å². The quantitative estimate of drug-likeness (QED) is 0.819. The Balaban J connectivity index is 1.62. The number of anilines is 1. The topological polar surface area (TPSA) is 66.5 Å². The van der Waals surface area contributed by atoms with E-state index in [0.717, 1.165) is 5.56 Å². The predicted molar refractivity (Wildman–Crippen MR) is 100 cm³/mol. The van der Waals surface area contributed by atoms with Gasteiger partial charge < -0.3 is 10.2 Å². The molecule has 0 aliphatic carbocycles. The van der Waals surface area contributed by atoms with Crippen molar-refractivity contribution in [2.24, 2.45) is 5.92 Å². The molecule has 1 unspecified atom stereocenters. The lowest BCUT2D eigenvalue weighted by Crippen LogP contribution is -2.28. The average Bonchev–Trinajstić information content (AvgIpc) is 2.98. The monoisotopic (exact) mass is 370 g/mol. The number of hydrogen-bond acceptors (Lipinski definition) is 3. The number of halogens is 1. The van der Waals surface area contributed by atoms with Gasteiger partial charge in [-0.1, -0.05) is 35.9 Å². The number of likely N-dealkylation sites (tertiary alicyclic amines) is 1. The second-order valence-electron chi connectivity index (χ2n) is 6.43. The molecule has 5 nitrogen and oxygen atoms in total. The molecule has 0 bridgehead atoms. The van der Waals surface area contributed by atoms with Crippen LogP contribution in [-0.4, -0.2) is 29.0 Å². The van der Waals surface area contributed by atoms with Crippen molar-refractivity contribution in [1.82, 2.24) is 4.90 Å². The zero-order valence-electron chi connectivity index (χ0n) is 14.4.